The van der Waals surface area contributed by atoms with E-state index < -0.39 is 0 Å². The van der Waals surface area contributed by atoms with Crippen molar-refractivity contribution in [3.63, 3.8) is 0 Å². The Balaban J connectivity index is 0.00000338. The number of aromatic nitrogens is 1. The number of carbonyl (C=O) groups excluding carboxylic acids is 1. The molecule has 1 heterocycles. The molecule has 9 heteroatoms. The van der Waals surface area contributed by atoms with Crippen LogP contribution in [0.25, 0.3) is 0 Å². The average Bonchev–Trinajstić information content (AvgIpc) is 2.91. The van der Waals surface area contributed by atoms with Crippen LogP contribution in [0.4, 0.5) is 0 Å². The molecule has 0 aliphatic heterocycles. The summed E-state index contributed by atoms with van der Waals surface area (Å²) >= 11 is 5.04. The maximum Gasteiger partial charge on any atom is 0.251 e. The van der Waals surface area contributed by atoms with Gasteiger partial charge in [0.05, 0.1) is 17.2 Å². The van der Waals surface area contributed by atoms with Gasteiger partial charge in [0.1, 0.15) is 0 Å². The molecule has 2 rings (SSSR count). The molecule has 3 N–H and O–H groups in total. The molecule has 0 aliphatic rings. The van der Waals surface area contributed by atoms with Crippen molar-refractivity contribution in [2.45, 2.75) is 20.4 Å². The summed E-state index contributed by atoms with van der Waals surface area (Å²) in [6.07, 6.45) is 0. The largest absolute Gasteiger partial charge is 0.355 e. The van der Waals surface area contributed by atoms with E-state index >= 15 is 0 Å². The van der Waals surface area contributed by atoms with Gasteiger partial charge in [-0.05, 0) is 32.0 Å². The van der Waals surface area contributed by atoms with E-state index in [0.29, 0.717) is 31.2 Å². The van der Waals surface area contributed by atoms with Gasteiger partial charge in [0.2, 0.25) is 0 Å². The topological polar surface area (TPSA) is 78.4 Å². The third kappa shape index (κ3) is 7.20. The van der Waals surface area contributed by atoms with E-state index in [1.165, 1.54) is 4.88 Å². The maximum absolute atomic E-state index is 12.1. The first-order chi connectivity index (χ1) is 12.0. The van der Waals surface area contributed by atoms with Gasteiger partial charge < -0.3 is 16.0 Å². The van der Waals surface area contributed by atoms with E-state index in [-0.39, 0.29) is 29.9 Å². The lowest BCUT2D eigenvalue weighted by Crippen LogP contribution is -2.41. The summed E-state index contributed by atoms with van der Waals surface area (Å²) in [6, 6.07) is 7.31. The molecule has 1 aromatic carbocycles. The molecule has 0 bridgehead atoms. The highest BCUT2D eigenvalue weighted by atomic mass is 127. The minimum atomic E-state index is -0.0955. The highest BCUT2D eigenvalue weighted by Crippen LogP contribution is 2.16. The summed E-state index contributed by atoms with van der Waals surface area (Å²) in [6.45, 7) is 5.78. The number of aryl methyl sites for hydroxylation is 2. The van der Waals surface area contributed by atoms with Crippen LogP contribution >= 0.6 is 51.2 Å². The van der Waals surface area contributed by atoms with E-state index in [1.807, 2.05) is 26.0 Å². The lowest BCUT2D eigenvalue weighted by molar-refractivity contribution is 0.0954. The summed E-state index contributed by atoms with van der Waals surface area (Å²) in [5, 5.41) is 10.4. The Morgan fingerprint density at radius 3 is 2.58 bits per heavy atom. The number of guanidine groups is 1. The van der Waals surface area contributed by atoms with Crippen LogP contribution in [0.5, 0.6) is 0 Å². The van der Waals surface area contributed by atoms with Crippen LogP contribution in [0.1, 0.15) is 25.9 Å². The lowest BCUT2D eigenvalue weighted by Gasteiger charge is -2.12. The predicted molar refractivity (Wildman–Crippen MR) is 122 cm³/mol. The molecule has 0 aliphatic carbocycles. The molecule has 1 amide bonds. The zero-order valence-corrected chi connectivity index (χ0v) is 19.7. The number of amides is 1. The van der Waals surface area contributed by atoms with E-state index in [0.717, 1.165) is 15.2 Å². The first kappa shape index (κ1) is 22.8. The van der Waals surface area contributed by atoms with E-state index in [9.17, 15) is 4.79 Å². The van der Waals surface area contributed by atoms with Gasteiger partial charge in [0.25, 0.3) is 5.91 Å². The first-order valence-corrected chi connectivity index (χ1v) is 9.51. The number of rotatable bonds is 6. The third-order valence-corrected chi connectivity index (χ3v) is 5.00. The van der Waals surface area contributed by atoms with Crippen LogP contribution in [0.2, 0.25) is 0 Å². The number of hydrogen-bond acceptors (Lipinski definition) is 4. The maximum atomic E-state index is 12.1. The number of nitrogens with zero attached hydrogens (tertiary/aromatic N) is 2. The summed E-state index contributed by atoms with van der Waals surface area (Å²) in [7, 11) is 1.72. The number of halogens is 2. The molecular formula is C17H23BrIN5OS. The second kappa shape index (κ2) is 11.5. The number of aliphatic imine (C=N–C) groups is 1. The molecule has 0 spiro atoms. The second-order valence-electron chi connectivity index (χ2n) is 5.36. The van der Waals surface area contributed by atoms with Crippen molar-refractivity contribution in [3.05, 3.63) is 49.9 Å². The van der Waals surface area contributed by atoms with Gasteiger partial charge in [-0.2, -0.15) is 0 Å². The fraction of sp³-hybridized carbons (Fsp3) is 0.353. The monoisotopic (exact) mass is 551 g/mol. The highest BCUT2D eigenvalue weighted by Gasteiger charge is 2.07. The van der Waals surface area contributed by atoms with Gasteiger partial charge in [-0.15, -0.1) is 35.3 Å². The zero-order valence-electron chi connectivity index (χ0n) is 14.9. The zero-order chi connectivity index (χ0) is 18.2. The Labute approximate surface area is 183 Å². The van der Waals surface area contributed by atoms with E-state index in [2.05, 4.69) is 41.9 Å². The molecule has 0 unspecified atom stereocenters. The Morgan fingerprint density at radius 1 is 1.23 bits per heavy atom. The Bertz CT molecular complexity index is 765. The van der Waals surface area contributed by atoms with Crippen LogP contribution in [0.15, 0.2) is 33.7 Å². The molecule has 0 radical (unpaired) electrons. The average molecular weight is 552 g/mol. The summed E-state index contributed by atoms with van der Waals surface area (Å²) in [5.41, 5.74) is 1.68. The van der Waals surface area contributed by atoms with Crippen molar-refractivity contribution in [1.82, 2.24) is 20.9 Å². The summed E-state index contributed by atoms with van der Waals surface area (Å²) < 4.78 is 0.886. The van der Waals surface area contributed by atoms with E-state index in [4.69, 9.17) is 0 Å². The van der Waals surface area contributed by atoms with Crippen molar-refractivity contribution in [3.8, 4) is 0 Å². The molecule has 0 saturated heterocycles. The predicted octanol–water partition coefficient (Wildman–Crippen LogP) is 3.24. The number of nitrogens with one attached hydrogen (secondary N) is 3. The molecular weight excluding hydrogens is 529 g/mol. The van der Waals surface area contributed by atoms with Gasteiger partial charge in [-0.3, -0.25) is 9.79 Å². The van der Waals surface area contributed by atoms with Crippen LogP contribution < -0.4 is 16.0 Å². The number of hydrogen-bond donors (Lipinski definition) is 3. The van der Waals surface area contributed by atoms with Crippen molar-refractivity contribution in [1.29, 1.82) is 0 Å². The van der Waals surface area contributed by atoms with Crippen molar-refractivity contribution < 1.29 is 4.79 Å². The van der Waals surface area contributed by atoms with Crippen molar-refractivity contribution in [2.75, 3.05) is 20.1 Å². The van der Waals surface area contributed by atoms with Gasteiger partial charge >= 0.3 is 0 Å². The van der Waals surface area contributed by atoms with Crippen LogP contribution in [0, 0.1) is 13.8 Å². The minimum Gasteiger partial charge on any atom is -0.355 e. The summed E-state index contributed by atoms with van der Waals surface area (Å²) in [5.74, 6) is 0.601. The molecule has 26 heavy (non-hydrogen) atoms. The Hall–Kier alpha value is -1.20. The molecule has 0 atom stereocenters. The molecule has 0 saturated carbocycles. The fourth-order valence-corrected chi connectivity index (χ4v) is 3.49. The summed E-state index contributed by atoms with van der Waals surface area (Å²) in [4.78, 5) is 21.8. The van der Waals surface area contributed by atoms with Gasteiger partial charge in [-0.1, -0.05) is 22.0 Å². The van der Waals surface area contributed by atoms with Gasteiger partial charge in [-0.25, -0.2) is 4.98 Å². The smallest absolute Gasteiger partial charge is 0.251 e. The fourth-order valence-electron chi connectivity index (χ4n) is 2.21. The van der Waals surface area contributed by atoms with Crippen molar-refractivity contribution in [2.24, 2.45) is 4.99 Å². The number of benzene rings is 1. The molecule has 2 aromatic rings. The van der Waals surface area contributed by atoms with Crippen LogP contribution in [-0.2, 0) is 6.54 Å². The minimum absolute atomic E-state index is 0. The molecule has 142 valence electrons. The quantitative estimate of drug-likeness (QED) is 0.223. The lowest BCUT2D eigenvalue weighted by atomic mass is 10.2. The highest BCUT2D eigenvalue weighted by molar-refractivity contribution is 14.0. The van der Waals surface area contributed by atoms with Gasteiger partial charge in [0.15, 0.2) is 5.96 Å². The van der Waals surface area contributed by atoms with E-state index in [1.54, 1.807) is 30.5 Å². The van der Waals surface area contributed by atoms with Crippen LogP contribution in [-0.4, -0.2) is 37.0 Å². The van der Waals surface area contributed by atoms with Gasteiger partial charge in [0, 0.05) is 35.1 Å². The normalized spacial score (nSPS) is 10.8. The number of thiazole rings is 1. The van der Waals surface area contributed by atoms with Crippen LogP contribution in [0.3, 0.4) is 0 Å². The molecule has 1 aromatic heterocycles. The SMILES string of the molecule is CN=C(NCCNC(=O)c1cccc(Br)c1)NCc1sc(C)nc1C.I. The Kier molecular flexibility index (Phi) is 10.1. The first-order valence-electron chi connectivity index (χ1n) is 7.90. The van der Waals surface area contributed by atoms with Crippen molar-refractivity contribution >= 4 is 63.1 Å². The Morgan fingerprint density at radius 2 is 1.96 bits per heavy atom. The molecule has 0 fully saturated rings. The third-order valence-electron chi connectivity index (χ3n) is 3.43. The molecule has 6 nitrogen and oxygen atoms in total. The standard InChI is InChI=1S/C17H22BrN5OS.HI/c1-11-15(25-12(2)23-11)10-22-17(19-3)21-8-7-20-16(24)13-5-4-6-14(18)9-13;/h4-6,9H,7-8,10H2,1-3H3,(H,20,24)(H2,19,21,22);1H. The number of carbonyl (C=O) groups is 1. The second-order valence-corrected chi connectivity index (χ2v) is 7.56.